The minimum absolute atomic E-state index is 0.0593. The van der Waals surface area contributed by atoms with Crippen LogP contribution in [0.15, 0.2) is 42.5 Å². The highest BCUT2D eigenvalue weighted by Crippen LogP contribution is 2.37. The molecule has 1 aliphatic heterocycles. The van der Waals surface area contributed by atoms with E-state index >= 15 is 0 Å². The van der Waals surface area contributed by atoms with E-state index in [0.29, 0.717) is 0 Å². The van der Waals surface area contributed by atoms with Gasteiger partial charge in [0.2, 0.25) is 5.91 Å². The molecule has 96 valence electrons. The number of benzene rings is 2. The monoisotopic (exact) mass is 251 g/mol. The first kappa shape index (κ1) is 12.0. The summed E-state index contributed by atoms with van der Waals surface area (Å²) >= 11 is 0. The molecule has 1 unspecified atom stereocenters. The van der Waals surface area contributed by atoms with E-state index < -0.39 is 0 Å². The molecular weight excluding hydrogens is 234 g/mol. The third-order valence-corrected chi connectivity index (χ3v) is 3.93. The van der Waals surface area contributed by atoms with Crippen molar-refractivity contribution in [2.24, 2.45) is 0 Å². The van der Waals surface area contributed by atoms with Gasteiger partial charge in [-0.05, 0) is 42.5 Å². The zero-order valence-electron chi connectivity index (χ0n) is 11.2. The van der Waals surface area contributed by atoms with Crippen LogP contribution in [0.25, 0.3) is 0 Å². The molecule has 2 aromatic rings. The van der Waals surface area contributed by atoms with Gasteiger partial charge < -0.3 is 5.32 Å². The summed E-state index contributed by atoms with van der Waals surface area (Å²) in [4.78, 5) is 12.2. The van der Waals surface area contributed by atoms with E-state index in [2.05, 4.69) is 30.4 Å². The molecule has 0 saturated carbocycles. The molecule has 1 atom stereocenters. The summed E-state index contributed by atoms with van der Waals surface area (Å²) in [6.45, 7) is 4.13. The topological polar surface area (TPSA) is 29.1 Å². The molecule has 1 amide bonds. The van der Waals surface area contributed by atoms with Gasteiger partial charge in [0, 0.05) is 5.69 Å². The number of anilines is 1. The summed E-state index contributed by atoms with van der Waals surface area (Å²) in [6.07, 6.45) is 0.773. The van der Waals surface area contributed by atoms with Crippen molar-refractivity contribution in [2.45, 2.75) is 26.2 Å². The molecule has 0 saturated heterocycles. The van der Waals surface area contributed by atoms with Gasteiger partial charge in [0.15, 0.2) is 0 Å². The number of hydrogen-bond acceptors (Lipinski definition) is 1. The zero-order chi connectivity index (χ0) is 13.4. The van der Waals surface area contributed by atoms with Crippen molar-refractivity contribution in [1.29, 1.82) is 0 Å². The molecule has 0 radical (unpaired) electrons. The Balaban J connectivity index is 1.97. The van der Waals surface area contributed by atoms with E-state index in [9.17, 15) is 4.79 Å². The second-order valence-corrected chi connectivity index (χ2v) is 5.21. The van der Waals surface area contributed by atoms with Gasteiger partial charge in [0.05, 0.1) is 5.92 Å². The molecule has 1 aliphatic rings. The molecule has 0 aromatic heterocycles. The smallest absolute Gasteiger partial charge is 0.232 e. The predicted molar refractivity (Wildman–Crippen MR) is 77.4 cm³/mol. The average molecular weight is 251 g/mol. The first-order valence-corrected chi connectivity index (χ1v) is 6.61. The van der Waals surface area contributed by atoms with Crippen LogP contribution in [0.3, 0.4) is 0 Å². The molecule has 3 rings (SSSR count). The Hall–Kier alpha value is -2.09. The Morgan fingerprint density at radius 2 is 1.74 bits per heavy atom. The molecule has 0 aliphatic carbocycles. The third-order valence-electron chi connectivity index (χ3n) is 3.93. The van der Waals surface area contributed by atoms with Crippen LogP contribution in [-0.4, -0.2) is 5.91 Å². The zero-order valence-corrected chi connectivity index (χ0v) is 11.2. The number of aryl methyl sites for hydroxylation is 2. The number of carbonyl (C=O) groups excluding carboxylic acids is 1. The highest BCUT2D eigenvalue weighted by Gasteiger charge is 2.31. The Morgan fingerprint density at radius 1 is 1.00 bits per heavy atom. The summed E-state index contributed by atoms with van der Waals surface area (Å²) in [7, 11) is 0. The molecule has 2 nitrogen and oxygen atoms in total. The van der Waals surface area contributed by atoms with E-state index in [1.54, 1.807) is 0 Å². The fourth-order valence-electron chi connectivity index (χ4n) is 2.76. The quantitative estimate of drug-likeness (QED) is 0.868. The number of nitrogens with one attached hydrogen (secondary N) is 1. The Kier molecular flexibility index (Phi) is 2.86. The van der Waals surface area contributed by atoms with Crippen molar-refractivity contribution in [1.82, 2.24) is 0 Å². The minimum Gasteiger partial charge on any atom is -0.325 e. The lowest BCUT2D eigenvalue weighted by atomic mass is 9.90. The number of para-hydroxylation sites is 1. The number of carbonyl (C=O) groups is 1. The Labute approximate surface area is 113 Å². The lowest BCUT2D eigenvalue weighted by Crippen LogP contribution is -2.14. The summed E-state index contributed by atoms with van der Waals surface area (Å²) in [6, 6.07) is 14.4. The van der Waals surface area contributed by atoms with Crippen LogP contribution >= 0.6 is 0 Å². The maximum absolute atomic E-state index is 12.2. The Morgan fingerprint density at radius 3 is 2.53 bits per heavy atom. The van der Waals surface area contributed by atoms with Crippen LogP contribution < -0.4 is 5.32 Å². The van der Waals surface area contributed by atoms with E-state index in [1.165, 1.54) is 11.1 Å². The molecule has 0 bridgehead atoms. The van der Waals surface area contributed by atoms with Gasteiger partial charge in [0.1, 0.15) is 0 Å². The van der Waals surface area contributed by atoms with Crippen molar-refractivity contribution in [3.8, 4) is 0 Å². The molecular formula is C17H17NO. The molecule has 0 spiro atoms. The van der Waals surface area contributed by atoms with Gasteiger partial charge in [-0.2, -0.15) is 0 Å². The lowest BCUT2D eigenvalue weighted by Gasteiger charge is -2.11. The van der Waals surface area contributed by atoms with E-state index in [1.807, 2.05) is 31.2 Å². The Bertz CT molecular complexity index is 645. The van der Waals surface area contributed by atoms with E-state index in [-0.39, 0.29) is 11.8 Å². The maximum atomic E-state index is 12.2. The highest BCUT2D eigenvalue weighted by atomic mass is 16.2. The summed E-state index contributed by atoms with van der Waals surface area (Å²) < 4.78 is 0. The summed E-state index contributed by atoms with van der Waals surface area (Å²) in [5, 5.41) is 3.02. The van der Waals surface area contributed by atoms with Crippen molar-refractivity contribution in [2.75, 3.05) is 5.32 Å². The highest BCUT2D eigenvalue weighted by molar-refractivity contribution is 6.03. The number of rotatable bonds is 2. The van der Waals surface area contributed by atoms with Crippen LogP contribution in [-0.2, 0) is 11.2 Å². The van der Waals surface area contributed by atoms with Gasteiger partial charge in [-0.1, -0.05) is 42.5 Å². The lowest BCUT2D eigenvalue weighted by molar-refractivity contribution is -0.117. The predicted octanol–water partition coefficient (Wildman–Crippen LogP) is 3.58. The van der Waals surface area contributed by atoms with Crippen LogP contribution in [0, 0.1) is 13.8 Å². The summed E-state index contributed by atoms with van der Waals surface area (Å²) in [5.74, 6) is 0.0588. The fourth-order valence-corrected chi connectivity index (χ4v) is 2.76. The first-order chi connectivity index (χ1) is 9.16. The van der Waals surface area contributed by atoms with Gasteiger partial charge in [-0.3, -0.25) is 4.79 Å². The molecule has 1 heterocycles. The molecule has 1 N–H and O–H groups in total. The SMILES string of the molecule is Cc1ccccc1CC1C(=O)Nc2c(C)cccc21. The average Bonchev–Trinajstić information content (AvgIpc) is 2.71. The van der Waals surface area contributed by atoms with Gasteiger partial charge in [0.25, 0.3) is 0 Å². The minimum atomic E-state index is -0.0593. The first-order valence-electron chi connectivity index (χ1n) is 6.61. The van der Waals surface area contributed by atoms with Crippen LogP contribution in [0.2, 0.25) is 0 Å². The fraction of sp³-hybridized carbons (Fsp3) is 0.235. The van der Waals surface area contributed by atoms with Gasteiger partial charge >= 0.3 is 0 Å². The number of amides is 1. The van der Waals surface area contributed by atoms with Gasteiger partial charge in [-0.15, -0.1) is 0 Å². The van der Waals surface area contributed by atoms with E-state index in [0.717, 1.165) is 23.2 Å². The van der Waals surface area contributed by atoms with Crippen molar-refractivity contribution < 1.29 is 4.79 Å². The largest absolute Gasteiger partial charge is 0.325 e. The molecule has 2 aromatic carbocycles. The van der Waals surface area contributed by atoms with Crippen molar-refractivity contribution in [3.63, 3.8) is 0 Å². The number of fused-ring (bicyclic) bond motifs is 1. The van der Waals surface area contributed by atoms with Gasteiger partial charge in [-0.25, -0.2) is 0 Å². The van der Waals surface area contributed by atoms with Crippen LogP contribution in [0.4, 0.5) is 5.69 Å². The normalized spacial score (nSPS) is 17.2. The number of hydrogen-bond donors (Lipinski definition) is 1. The molecule has 0 fully saturated rings. The third kappa shape index (κ3) is 2.03. The van der Waals surface area contributed by atoms with Crippen molar-refractivity contribution >= 4 is 11.6 Å². The molecule has 19 heavy (non-hydrogen) atoms. The van der Waals surface area contributed by atoms with Crippen LogP contribution in [0.5, 0.6) is 0 Å². The van der Waals surface area contributed by atoms with Crippen molar-refractivity contribution in [3.05, 3.63) is 64.7 Å². The molecule has 2 heteroatoms. The second kappa shape index (κ2) is 4.54. The van der Waals surface area contributed by atoms with Crippen LogP contribution in [0.1, 0.15) is 28.2 Å². The standard InChI is InChI=1S/C17H17NO/c1-11-6-3-4-8-13(11)10-15-14-9-5-7-12(2)16(14)18-17(15)19/h3-9,15H,10H2,1-2H3,(H,18,19). The second-order valence-electron chi connectivity index (χ2n) is 5.21. The van der Waals surface area contributed by atoms with E-state index in [4.69, 9.17) is 0 Å². The maximum Gasteiger partial charge on any atom is 0.232 e. The summed E-state index contributed by atoms with van der Waals surface area (Å²) in [5.41, 5.74) is 5.77.